The molecule has 0 unspecified atom stereocenters. The third kappa shape index (κ3) is 5.96. The molecule has 0 bridgehead atoms. The molecule has 0 spiro atoms. The van der Waals surface area contributed by atoms with E-state index in [1.165, 1.54) is 14.0 Å². The molecule has 0 radical (unpaired) electrons. The van der Waals surface area contributed by atoms with E-state index in [2.05, 4.69) is 12.2 Å². The zero-order valence-electron chi connectivity index (χ0n) is 22.2. The fourth-order valence-electron chi connectivity index (χ4n) is 5.12. The molecule has 0 fully saturated rings. The fourth-order valence-corrected chi connectivity index (χ4v) is 5.61. The van der Waals surface area contributed by atoms with Gasteiger partial charge in [-0.05, 0) is 48.3 Å². The number of hydrogen-bond donors (Lipinski definition) is 1. The van der Waals surface area contributed by atoms with Gasteiger partial charge in [-0.15, -0.1) is 0 Å². The van der Waals surface area contributed by atoms with Crippen LogP contribution in [-0.4, -0.2) is 42.9 Å². The van der Waals surface area contributed by atoms with Crippen LogP contribution in [0.1, 0.15) is 56.6 Å². The monoisotopic (exact) mass is 535 g/mol. The Kier molecular flexibility index (Phi) is 8.94. The highest BCUT2D eigenvalue weighted by atomic mass is 32.2. The van der Waals surface area contributed by atoms with E-state index >= 15 is 0 Å². The van der Waals surface area contributed by atoms with E-state index in [9.17, 15) is 14.4 Å². The highest BCUT2D eigenvalue weighted by Crippen LogP contribution is 2.47. The Morgan fingerprint density at radius 1 is 1.05 bits per heavy atom. The van der Waals surface area contributed by atoms with Gasteiger partial charge in [0.25, 0.3) is 0 Å². The number of dihydropyridines is 1. The molecule has 1 N–H and O–H groups in total. The Hall–Kier alpha value is -3.52. The minimum Gasteiger partial charge on any atom is -0.493 e. The van der Waals surface area contributed by atoms with Crippen molar-refractivity contribution in [3.8, 4) is 11.5 Å². The summed E-state index contributed by atoms with van der Waals surface area (Å²) < 4.78 is 16.4. The molecule has 2 aliphatic rings. The van der Waals surface area contributed by atoms with Crippen molar-refractivity contribution >= 4 is 29.5 Å². The van der Waals surface area contributed by atoms with Gasteiger partial charge in [-0.3, -0.25) is 9.59 Å². The van der Waals surface area contributed by atoms with E-state index in [1.54, 1.807) is 30.0 Å². The summed E-state index contributed by atoms with van der Waals surface area (Å²) in [4.78, 5) is 38.8. The minimum absolute atomic E-state index is 0.0139. The smallest absolute Gasteiger partial charge is 0.336 e. The number of methoxy groups -OCH3 is 1. The lowest BCUT2D eigenvalue weighted by atomic mass is 9.71. The van der Waals surface area contributed by atoms with Crippen LogP contribution in [0.2, 0.25) is 0 Å². The number of esters is 2. The number of hydrogen-bond acceptors (Lipinski definition) is 8. The Morgan fingerprint density at radius 2 is 1.82 bits per heavy atom. The largest absolute Gasteiger partial charge is 0.493 e. The molecule has 1 heterocycles. The highest BCUT2D eigenvalue weighted by molar-refractivity contribution is 7.99. The molecule has 200 valence electrons. The van der Waals surface area contributed by atoms with Crippen LogP contribution in [0.5, 0.6) is 11.5 Å². The fraction of sp³-hybridized carbons (Fsp3) is 0.367. The summed E-state index contributed by atoms with van der Waals surface area (Å²) in [5, 5.41) is 3.38. The van der Waals surface area contributed by atoms with Crippen molar-refractivity contribution in [2.24, 2.45) is 0 Å². The number of ketones is 1. The number of Topliss-reactive ketones (excluding diaryl/α,β-unsaturated/α-hetero) is 1. The van der Waals surface area contributed by atoms with Gasteiger partial charge < -0.3 is 19.5 Å². The van der Waals surface area contributed by atoms with Gasteiger partial charge in [-0.25, -0.2) is 4.79 Å². The first-order valence-electron chi connectivity index (χ1n) is 12.7. The van der Waals surface area contributed by atoms with Crippen molar-refractivity contribution in [1.29, 1.82) is 0 Å². The zero-order chi connectivity index (χ0) is 27.2. The van der Waals surface area contributed by atoms with Crippen molar-refractivity contribution in [3.63, 3.8) is 0 Å². The van der Waals surface area contributed by atoms with Crippen LogP contribution in [0.3, 0.4) is 0 Å². The Labute approximate surface area is 227 Å². The maximum Gasteiger partial charge on any atom is 0.336 e. The van der Waals surface area contributed by atoms with Gasteiger partial charge in [-0.1, -0.05) is 43.3 Å². The van der Waals surface area contributed by atoms with Crippen molar-refractivity contribution in [2.45, 2.75) is 45.4 Å². The lowest BCUT2D eigenvalue weighted by molar-refractivity contribution is -0.138. The summed E-state index contributed by atoms with van der Waals surface area (Å²) in [5.41, 5.74) is 4.25. The first kappa shape index (κ1) is 27.5. The molecule has 0 saturated heterocycles. The quantitative estimate of drug-likeness (QED) is 0.264. The molecule has 7 nitrogen and oxygen atoms in total. The average molecular weight is 536 g/mol. The Bertz CT molecular complexity index is 1280. The summed E-state index contributed by atoms with van der Waals surface area (Å²) in [7, 11) is 1.48. The van der Waals surface area contributed by atoms with E-state index in [1.807, 2.05) is 37.3 Å². The van der Waals surface area contributed by atoms with Crippen LogP contribution < -0.4 is 14.8 Å². The Balaban J connectivity index is 1.77. The van der Waals surface area contributed by atoms with Gasteiger partial charge in [0.15, 0.2) is 17.3 Å². The minimum atomic E-state index is -0.637. The summed E-state index contributed by atoms with van der Waals surface area (Å²) in [5.74, 6) is 0.715. The molecule has 0 saturated carbocycles. The van der Waals surface area contributed by atoms with Crippen LogP contribution in [0.4, 0.5) is 0 Å². The van der Waals surface area contributed by atoms with E-state index in [-0.39, 0.29) is 24.1 Å². The number of allylic oxidation sites excluding steroid dienone is 3. The van der Waals surface area contributed by atoms with E-state index in [4.69, 9.17) is 14.2 Å². The number of thioether (sulfide) groups is 1. The predicted octanol–water partition coefficient (Wildman–Crippen LogP) is 5.28. The molecular formula is C30H33NO6S. The molecule has 2 atom stereocenters. The number of benzene rings is 2. The third-order valence-electron chi connectivity index (χ3n) is 6.76. The summed E-state index contributed by atoms with van der Waals surface area (Å²) in [6.07, 6.45) is 0.995. The van der Waals surface area contributed by atoms with Crippen molar-refractivity contribution in [1.82, 2.24) is 5.32 Å². The van der Waals surface area contributed by atoms with Crippen LogP contribution >= 0.6 is 11.8 Å². The number of carbonyl (C=O) groups is 3. The molecule has 2 aromatic rings. The summed E-state index contributed by atoms with van der Waals surface area (Å²) in [6, 6.07) is 15.1. The molecule has 38 heavy (non-hydrogen) atoms. The number of nitrogens with one attached hydrogen (secondary N) is 1. The van der Waals surface area contributed by atoms with Gasteiger partial charge in [0.2, 0.25) is 0 Å². The standard InChI is InChI=1S/C30H33NO6S/c1-5-38-14-13-36-30(34)27-18(2)31-23-15-22(20-9-7-6-8-10-20)16-24(33)29(23)28(27)21-11-12-25(37-19(3)32)26(17-21)35-4/h6-12,17,22,28,31H,5,13-16H2,1-4H3/t22-,28+/m0/s1. The molecular weight excluding hydrogens is 502 g/mol. The third-order valence-corrected chi connectivity index (χ3v) is 7.62. The predicted molar refractivity (Wildman–Crippen MR) is 147 cm³/mol. The lowest BCUT2D eigenvalue weighted by Crippen LogP contribution is -2.36. The number of carbonyl (C=O) groups excluding carboxylic acids is 3. The first-order chi connectivity index (χ1) is 18.3. The van der Waals surface area contributed by atoms with Crippen molar-refractivity contribution in [3.05, 3.63) is 82.2 Å². The topological polar surface area (TPSA) is 90.9 Å². The zero-order valence-corrected chi connectivity index (χ0v) is 23.0. The van der Waals surface area contributed by atoms with Crippen molar-refractivity contribution < 1.29 is 28.6 Å². The molecule has 0 aromatic heterocycles. The SMILES string of the molecule is CCSCCOC(=O)C1=C(C)NC2=C(C(=O)C[C@@H](c3ccccc3)C2)[C@@H]1c1ccc(OC(C)=O)c(OC)c1. The van der Waals surface area contributed by atoms with Crippen LogP contribution in [-0.2, 0) is 19.1 Å². The molecule has 4 rings (SSSR count). The van der Waals surface area contributed by atoms with Crippen LogP contribution in [0.15, 0.2) is 71.1 Å². The highest BCUT2D eigenvalue weighted by Gasteiger charge is 2.41. The first-order valence-corrected chi connectivity index (χ1v) is 13.9. The number of ether oxygens (including phenoxy) is 3. The Morgan fingerprint density at radius 3 is 2.50 bits per heavy atom. The van der Waals surface area contributed by atoms with E-state index in [0.29, 0.717) is 46.8 Å². The normalized spacial score (nSPS) is 19.0. The summed E-state index contributed by atoms with van der Waals surface area (Å²) in [6.45, 7) is 5.50. The number of rotatable bonds is 9. The van der Waals surface area contributed by atoms with E-state index in [0.717, 1.165) is 17.0 Å². The van der Waals surface area contributed by atoms with Gasteiger partial charge >= 0.3 is 11.9 Å². The molecule has 1 aliphatic carbocycles. The van der Waals surface area contributed by atoms with Gasteiger partial charge in [0, 0.05) is 42.0 Å². The van der Waals surface area contributed by atoms with Crippen molar-refractivity contribution in [2.75, 3.05) is 25.2 Å². The van der Waals surface area contributed by atoms with Gasteiger partial charge in [0.1, 0.15) is 6.61 Å². The van der Waals surface area contributed by atoms with Crippen LogP contribution in [0, 0.1) is 0 Å². The maximum absolute atomic E-state index is 13.8. The molecule has 0 amide bonds. The van der Waals surface area contributed by atoms with Gasteiger partial charge in [0.05, 0.1) is 12.7 Å². The van der Waals surface area contributed by atoms with Gasteiger partial charge in [-0.2, -0.15) is 11.8 Å². The maximum atomic E-state index is 13.8. The summed E-state index contributed by atoms with van der Waals surface area (Å²) >= 11 is 1.69. The average Bonchev–Trinajstić information content (AvgIpc) is 2.90. The lowest BCUT2D eigenvalue weighted by Gasteiger charge is -2.36. The van der Waals surface area contributed by atoms with E-state index < -0.39 is 17.9 Å². The molecule has 2 aromatic carbocycles. The molecule has 1 aliphatic heterocycles. The molecule has 8 heteroatoms. The second-order valence-corrected chi connectivity index (χ2v) is 10.7. The van der Waals surface area contributed by atoms with Crippen LogP contribution in [0.25, 0.3) is 0 Å². The second-order valence-electron chi connectivity index (χ2n) is 9.26. The second kappa shape index (κ2) is 12.3.